The van der Waals surface area contributed by atoms with E-state index in [4.69, 9.17) is 4.74 Å². The summed E-state index contributed by atoms with van der Waals surface area (Å²) < 4.78 is 5.59. The molecule has 0 atom stereocenters. The molecule has 1 aliphatic rings. The molecule has 23 heavy (non-hydrogen) atoms. The van der Waals surface area contributed by atoms with Gasteiger partial charge in [0.05, 0.1) is 0 Å². The van der Waals surface area contributed by atoms with E-state index in [9.17, 15) is 4.79 Å². The molecule has 0 fully saturated rings. The molecule has 1 aliphatic carbocycles. The molecule has 0 bridgehead atoms. The monoisotopic (exact) mass is 309 g/mol. The predicted octanol–water partition coefficient (Wildman–Crippen LogP) is 3.68. The molecule has 0 amide bonds. The van der Waals surface area contributed by atoms with Gasteiger partial charge in [0.1, 0.15) is 12.5 Å². The minimum Gasteiger partial charge on any atom is -0.464 e. The van der Waals surface area contributed by atoms with Gasteiger partial charge in [-0.2, -0.15) is 0 Å². The van der Waals surface area contributed by atoms with Crippen LogP contribution in [0.1, 0.15) is 30.9 Å². The van der Waals surface area contributed by atoms with Crippen LogP contribution in [0.25, 0.3) is 11.1 Å². The summed E-state index contributed by atoms with van der Waals surface area (Å²) in [6, 6.07) is 16.2. The molecule has 2 aromatic carbocycles. The van der Waals surface area contributed by atoms with Crippen molar-refractivity contribution in [3.8, 4) is 11.1 Å². The lowest BCUT2D eigenvalue weighted by molar-refractivity contribution is -0.144. The maximum absolute atomic E-state index is 12.7. The first kappa shape index (κ1) is 15.8. The Kier molecular flexibility index (Phi) is 4.77. The zero-order valence-corrected chi connectivity index (χ0v) is 13.8. The standard InChI is InChI=1S/C20H23NO2/c1-3-21(4-2)13-14-23-20(22)19-17-11-7-5-9-15(17)16-10-6-8-12-18(16)19/h5-12,19H,3-4,13-14H2,1-2H3. The van der Waals surface area contributed by atoms with Crippen LogP contribution < -0.4 is 0 Å². The highest BCUT2D eigenvalue weighted by Crippen LogP contribution is 2.44. The summed E-state index contributed by atoms with van der Waals surface area (Å²) in [7, 11) is 0. The number of carbonyl (C=O) groups excluding carboxylic acids is 1. The average Bonchev–Trinajstić information content (AvgIpc) is 2.93. The van der Waals surface area contributed by atoms with Gasteiger partial charge in [0, 0.05) is 6.54 Å². The van der Waals surface area contributed by atoms with E-state index in [-0.39, 0.29) is 11.9 Å². The second-order valence-corrected chi connectivity index (χ2v) is 5.80. The van der Waals surface area contributed by atoms with E-state index in [2.05, 4.69) is 30.9 Å². The van der Waals surface area contributed by atoms with Gasteiger partial charge in [0.15, 0.2) is 0 Å². The summed E-state index contributed by atoms with van der Waals surface area (Å²) in [6.07, 6.45) is 0. The molecule has 120 valence electrons. The lowest BCUT2D eigenvalue weighted by Crippen LogP contribution is -2.28. The van der Waals surface area contributed by atoms with E-state index in [0.29, 0.717) is 6.61 Å². The Morgan fingerprint density at radius 1 is 0.957 bits per heavy atom. The number of ether oxygens (including phenoxy) is 1. The number of nitrogens with zero attached hydrogens (tertiary/aromatic N) is 1. The third kappa shape index (κ3) is 3.02. The lowest BCUT2D eigenvalue weighted by atomic mass is 9.97. The van der Waals surface area contributed by atoms with Crippen LogP contribution in [-0.4, -0.2) is 37.1 Å². The number of esters is 1. The highest BCUT2D eigenvalue weighted by molar-refractivity contribution is 5.93. The van der Waals surface area contributed by atoms with Gasteiger partial charge in [-0.05, 0) is 35.3 Å². The van der Waals surface area contributed by atoms with Crippen LogP contribution in [0.4, 0.5) is 0 Å². The summed E-state index contributed by atoms with van der Waals surface area (Å²) in [6.45, 7) is 7.42. The van der Waals surface area contributed by atoms with Crippen LogP contribution in [0.5, 0.6) is 0 Å². The van der Waals surface area contributed by atoms with Crippen molar-refractivity contribution in [1.82, 2.24) is 4.90 Å². The van der Waals surface area contributed by atoms with Crippen LogP contribution in [0.15, 0.2) is 48.5 Å². The van der Waals surface area contributed by atoms with E-state index >= 15 is 0 Å². The molecule has 3 rings (SSSR count). The maximum atomic E-state index is 12.7. The van der Waals surface area contributed by atoms with E-state index in [1.54, 1.807) is 0 Å². The lowest BCUT2D eigenvalue weighted by Gasteiger charge is -2.19. The van der Waals surface area contributed by atoms with Crippen LogP contribution in [0.3, 0.4) is 0 Å². The van der Waals surface area contributed by atoms with Gasteiger partial charge in [0.2, 0.25) is 0 Å². The molecule has 0 saturated heterocycles. The van der Waals surface area contributed by atoms with Crippen molar-refractivity contribution in [3.05, 3.63) is 59.7 Å². The number of carbonyl (C=O) groups is 1. The molecule has 0 spiro atoms. The first-order valence-electron chi connectivity index (χ1n) is 8.33. The second-order valence-electron chi connectivity index (χ2n) is 5.80. The number of benzene rings is 2. The van der Waals surface area contributed by atoms with Crippen molar-refractivity contribution < 1.29 is 9.53 Å². The normalized spacial score (nSPS) is 13.0. The Bertz CT molecular complexity index is 646. The summed E-state index contributed by atoms with van der Waals surface area (Å²) in [5, 5.41) is 0. The fraction of sp³-hybridized carbons (Fsp3) is 0.350. The van der Waals surface area contributed by atoms with Crippen molar-refractivity contribution in [2.45, 2.75) is 19.8 Å². The zero-order valence-electron chi connectivity index (χ0n) is 13.8. The van der Waals surface area contributed by atoms with Crippen molar-refractivity contribution in [3.63, 3.8) is 0 Å². The van der Waals surface area contributed by atoms with E-state index in [0.717, 1.165) is 41.9 Å². The highest BCUT2D eigenvalue weighted by atomic mass is 16.5. The van der Waals surface area contributed by atoms with Gasteiger partial charge < -0.3 is 9.64 Å². The molecular formula is C20H23NO2. The van der Waals surface area contributed by atoms with E-state index in [1.165, 1.54) is 0 Å². The molecule has 0 aliphatic heterocycles. The first-order chi connectivity index (χ1) is 11.3. The predicted molar refractivity (Wildman–Crippen MR) is 92.5 cm³/mol. The number of hydrogen-bond acceptors (Lipinski definition) is 3. The number of hydrogen-bond donors (Lipinski definition) is 0. The Balaban J connectivity index is 1.78. The third-order valence-electron chi connectivity index (χ3n) is 4.62. The first-order valence-corrected chi connectivity index (χ1v) is 8.33. The Morgan fingerprint density at radius 3 is 2.00 bits per heavy atom. The van der Waals surface area contributed by atoms with Gasteiger partial charge in [0.25, 0.3) is 0 Å². The molecular weight excluding hydrogens is 286 g/mol. The van der Waals surface area contributed by atoms with E-state index in [1.807, 2.05) is 36.4 Å². The minimum atomic E-state index is -0.292. The van der Waals surface area contributed by atoms with Gasteiger partial charge in [-0.25, -0.2) is 0 Å². The van der Waals surface area contributed by atoms with Gasteiger partial charge in [-0.1, -0.05) is 62.4 Å². The average molecular weight is 309 g/mol. The van der Waals surface area contributed by atoms with Gasteiger partial charge >= 0.3 is 5.97 Å². The van der Waals surface area contributed by atoms with Crippen LogP contribution in [0, 0.1) is 0 Å². The van der Waals surface area contributed by atoms with Crippen molar-refractivity contribution in [2.24, 2.45) is 0 Å². The summed E-state index contributed by atoms with van der Waals surface area (Å²) in [5.41, 5.74) is 4.41. The number of likely N-dealkylation sites (N-methyl/N-ethyl adjacent to an activating group) is 1. The third-order valence-corrected chi connectivity index (χ3v) is 4.62. The molecule has 2 aromatic rings. The van der Waals surface area contributed by atoms with Crippen LogP contribution in [-0.2, 0) is 9.53 Å². The van der Waals surface area contributed by atoms with Crippen molar-refractivity contribution in [1.29, 1.82) is 0 Å². The highest BCUT2D eigenvalue weighted by Gasteiger charge is 2.34. The minimum absolute atomic E-state index is 0.144. The second kappa shape index (κ2) is 6.97. The molecule has 3 heteroatoms. The topological polar surface area (TPSA) is 29.5 Å². The number of rotatable bonds is 6. The summed E-state index contributed by atoms with van der Waals surface area (Å²) in [4.78, 5) is 14.9. The zero-order chi connectivity index (χ0) is 16.2. The molecule has 0 heterocycles. The Hall–Kier alpha value is -2.13. The van der Waals surface area contributed by atoms with Crippen molar-refractivity contribution in [2.75, 3.05) is 26.2 Å². The molecule has 0 saturated carbocycles. The fourth-order valence-electron chi connectivity index (χ4n) is 3.31. The van der Waals surface area contributed by atoms with E-state index < -0.39 is 0 Å². The quantitative estimate of drug-likeness (QED) is 0.762. The molecule has 0 aromatic heterocycles. The SMILES string of the molecule is CCN(CC)CCOC(=O)C1c2ccccc2-c2ccccc21. The maximum Gasteiger partial charge on any atom is 0.318 e. The van der Waals surface area contributed by atoms with Crippen LogP contribution in [0.2, 0.25) is 0 Å². The van der Waals surface area contributed by atoms with Gasteiger partial charge in [-0.3, -0.25) is 4.79 Å². The largest absolute Gasteiger partial charge is 0.464 e. The molecule has 0 N–H and O–H groups in total. The smallest absolute Gasteiger partial charge is 0.318 e. The number of fused-ring (bicyclic) bond motifs is 3. The molecule has 0 unspecified atom stereocenters. The Labute approximate surface area is 137 Å². The summed E-state index contributed by atoms with van der Waals surface area (Å²) >= 11 is 0. The summed E-state index contributed by atoms with van der Waals surface area (Å²) in [5.74, 6) is -0.436. The molecule has 3 nitrogen and oxygen atoms in total. The molecule has 0 radical (unpaired) electrons. The fourth-order valence-corrected chi connectivity index (χ4v) is 3.31. The van der Waals surface area contributed by atoms with Crippen LogP contribution >= 0.6 is 0 Å². The Morgan fingerprint density at radius 2 is 1.48 bits per heavy atom. The van der Waals surface area contributed by atoms with Gasteiger partial charge in [-0.15, -0.1) is 0 Å². The van der Waals surface area contributed by atoms with Crippen molar-refractivity contribution >= 4 is 5.97 Å².